The van der Waals surface area contributed by atoms with E-state index in [-0.39, 0.29) is 23.9 Å². The second-order valence-electron chi connectivity index (χ2n) is 10.9. The van der Waals surface area contributed by atoms with E-state index in [2.05, 4.69) is 44.6 Å². The Labute approximate surface area is 205 Å². The third-order valence-electron chi connectivity index (χ3n) is 8.31. The number of rotatable bonds is 5. The summed E-state index contributed by atoms with van der Waals surface area (Å²) in [7, 11) is 1.94. The van der Waals surface area contributed by atoms with Crippen molar-refractivity contribution < 1.29 is 9.90 Å². The molecule has 1 amide bonds. The zero-order valence-corrected chi connectivity index (χ0v) is 20.2. The second kappa shape index (κ2) is 9.04. The molecule has 4 unspecified atom stereocenters. The number of carbonyl (C=O) groups is 1. The Morgan fingerprint density at radius 3 is 3.06 bits per heavy atom. The predicted molar refractivity (Wildman–Crippen MR) is 132 cm³/mol. The first-order chi connectivity index (χ1) is 17.0. The van der Waals surface area contributed by atoms with E-state index in [1.807, 2.05) is 30.2 Å². The molecule has 3 aliphatic rings. The molecule has 3 fully saturated rings. The fourth-order valence-corrected chi connectivity index (χ4v) is 6.61. The maximum Gasteiger partial charge on any atom is 0.223 e. The molecule has 2 aliphatic carbocycles. The Kier molecular flexibility index (Phi) is 5.86. The highest BCUT2D eigenvalue weighted by Crippen LogP contribution is 2.41. The molecule has 35 heavy (non-hydrogen) atoms. The lowest BCUT2D eigenvalue weighted by molar-refractivity contribution is -0.128. The summed E-state index contributed by atoms with van der Waals surface area (Å²) in [6.07, 6.45) is 11.5. The minimum atomic E-state index is -0.824. The number of nitrogens with zero attached hydrogens (tertiary/aromatic N) is 4. The molecule has 9 nitrogen and oxygen atoms in total. The van der Waals surface area contributed by atoms with Crippen LogP contribution in [0.15, 0.2) is 42.9 Å². The highest BCUT2D eigenvalue weighted by Gasteiger charge is 2.43. The lowest BCUT2D eigenvalue weighted by atomic mass is 9.74. The summed E-state index contributed by atoms with van der Waals surface area (Å²) in [6, 6.07) is 8.89. The summed E-state index contributed by atoms with van der Waals surface area (Å²) in [4.78, 5) is 13.3. The maximum atomic E-state index is 13.3. The van der Waals surface area contributed by atoms with Gasteiger partial charge < -0.3 is 10.4 Å². The number of hydrogen-bond donors (Lipinski definition) is 4. The normalized spacial score (nSPS) is 33.0. The number of hydrogen-bond acceptors (Lipinski definition) is 6. The largest absolute Gasteiger partial charge is 0.388 e. The number of benzene rings is 1. The number of hydrazine groups is 1. The van der Waals surface area contributed by atoms with Gasteiger partial charge in [0.25, 0.3) is 0 Å². The molecule has 3 aromatic rings. The molecule has 0 radical (unpaired) electrons. The lowest BCUT2D eigenvalue weighted by Gasteiger charge is -2.38. The van der Waals surface area contributed by atoms with Crippen molar-refractivity contribution in [3.63, 3.8) is 0 Å². The fraction of sp³-hybridized carbons (Fsp3) is 0.577. The number of nitrogens with one attached hydrogen (secondary N) is 3. The van der Waals surface area contributed by atoms with Crippen LogP contribution in [0, 0.1) is 11.8 Å². The Morgan fingerprint density at radius 2 is 2.20 bits per heavy atom. The Morgan fingerprint density at radius 1 is 1.29 bits per heavy atom. The molecule has 0 spiro atoms. The summed E-state index contributed by atoms with van der Waals surface area (Å²) in [5.74, 6) is 0.505. The van der Waals surface area contributed by atoms with Gasteiger partial charge in [0.15, 0.2) is 0 Å². The molecule has 9 heteroatoms. The first-order valence-corrected chi connectivity index (χ1v) is 12.9. The Bertz CT molecular complexity index is 1190. The number of carbonyl (C=O) groups excluding carboxylic acids is 1. The van der Waals surface area contributed by atoms with Crippen molar-refractivity contribution in [1.82, 2.24) is 35.7 Å². The zero-order chi connectivity index (χ0) is 24.0. The highest BCUT2D eigenvalue weighted by molar-refractivity contribution is 5.80. The van der Waals surface area contributed by atoms with Gasteiger partial charge in [0.2, 0.25) is 5.91 Å². The second-order valence-corrected chi connectivity index (χ2v) is 10.9. The van der Waals surface area contributed by atoms with E-state index in [1.54, 1.807) is 10.9 Å². The standard InChI is InChI=1S/C26H35N7O2/c1-32-15-19-12-17(5-7-22(19)31-32)24-21-13-18(6-8-23(21)29-30-24)25(34)28-20-4-2-9-26(35,14-20)16-33-11-3-10-27-33/h3,5,7,10-12,15,18,20-21,23-24,29-30,35H,2,4,6,8-9,13-14,16H2,1H3,(H,28,34)/t18?,20-,21?,23?,24?,26+/m1/s1. The molecule has 4 N–H and O–H groups in total. The predicted octanol–water partition coefficient (Wildman–Crippen LogP) is 2.19. The van der Waals surface area contributed by atoms with Gasteiger partial charge in [-0.2, -0.15) is 10.2 Å². The number of aliphatic hydroxyl groups is 1. The van der Waals surface area contributed by atoms with Gasteiger partial charge >= 0.3 is 0 Å². The van der Waals surface area contributed by atoms with Crippen LogP contribution in [0.25, 0.3) is 10.9 Å². The van der Waals surface area contributed by atoms with E-state index >= 15 is 0 Å². The number of amides is 1. The van der Waals surface area contributed by atoms with Crippen molar-refractivity contribution in [3.8, 4) is 0 Å². The Balaban J connectivity index is 1.10. The van der Waals surface area contributed by atoms with E-state index in [9.17, 15) is 9.90 Å². The molecule has 6 rings (SSSR count). The van der Waals surface area contributed by atoms with Crippen LogP contribution in [0.2, 0.25) is 0 Å². The molecular formula is C26H35N7O2. The zero-order valence-electron chi connectivity index (χ0n) is 20.2. The summed E-state index contributed by atoms with van der Waals surface area (Å²) in [5, 5.41) is 24.3. The molecule has 1 aromatic carbocycles. The van der Waals surface area contributed by atoms with Crippen LogP contribution in [0.1, 0.15) is 56.6 Å². The van der Waals surface area contributed by atoms with Crippen LogP contribution < -0.4 is 16.2 Å². The maximum absolute atomic E-state index is 13.3. The smallest absolute Gasteiger partial charge is 0.223 e. The molecule has 0 bridgehead atoms. The first kappa shape index (κ1) is 22.7. The van der Waals surface area contributed by atoms with Crippen LogP contribution in [0.4, 0.5) is 0 Å². The number of aryl methyl sites for hydroxylation is 1. The van der Waals surface area contributed by atoms with Gasteiger partial charge in [-0.1, -0.05) is 6.07 Å². The lowest BCUT2D eigenvalue weighted by Crippen LogP contribution is -2.50. The van der Waals surface area contributed by atoms with Crippen molar-refractivity contribution in [3.05, 3.63) is 48.4 Å². The molecule has 1 aliphatic heterocycles. The number of fused-ring (bicyclic) bond motifs is 2. The molecule has 186 valence electrons. The summed E-state index contributed by atoms with van der Waals surface area (Å²) < 4.78 is 3.63. The summed E-state index contributed by atoms with van der Waals surface area (Å²) in [6.45, 7) is 0.472. The van der Waals surface area contributed by atoms with Gasteiger partial charge in [-0.15, -0.1) is 0 Å². The SMILES string of the molecule is Cn1cc2cc(C3NNC4CCC(C(=O)N[C@@H]5CCC[C@@](O)(Cn6cccn6)C5)CC43)ccc2n1. The van der Waals surface area contributed by atoms with Crippen LogP contribution in [0.5, 0.6) is 0 Å². The van der Waals surface area contributed by atoms with E-state index < -0.39 is 5.60 Å². The third kappa shape index (κ3) is 4.60. The summed E-state index contributed by atoms with van der Waals surface area (Å²) >= 11 is 0. The van der Waals surface area contributed by atoms with Gasteiger partial charge in [-0.3, -0.25) is 19.6 Å². The van der Waals surface area contributed by atoms with Crippen LogP contribution in [0.3, 0.4) is 0 Å². The van der Waals surface area contributed by atoms with Crippen molar-refractivity contribution >= 4 is 16.8 Å². The van der Waals surface area contributed by atoms with Gasteiger partial charge in [0.05, 0.1) is 23.7 Å². The van der Waals surface area contributed by atoms with Gasteiger partial charge in [-0.05, 0) is 74.6 Å². The number of aromatic nitrogens is 4. The van der Waals surface area contributed by atoms with Gasteiger partial charge in [-0.25, -0.2) is 5.43 Å². The quantitative estimate of drug-likeness (QED) is 0.449. The molecule has 1 saturated heterocycles. The van der Waals surface area contributed by atoms with Crippen LogP contribution in [-0.2, 0) is 18.4 Å². The first-order valence-electron chi connectivity index (χ1n) is 12.9. The van der Waals surface area contributed by atoms with E-state index in [0.717, 1.165) is 49.4 Å². The van der Waals surface area contributed by atoms with E-state index in [4.69, 9.17) is 0 Å². The Hall–Kier alpha value is -2.75. The van der Waals surface area contributed by atoms with Crippen molar-refractivity contribution in [2.45, 2.75) is 75.2 Å². The molecular weight excluding hydrogens is 442 g/mol. The van der Waals surface area contributed by atoms with Gasteiger partial charge in [0.1, 0.15) is 0 Å². The fourth-order valence-electron chi connectivity index (χ4n) is 6.61. The van der Waals surface area contributed by atoms with E-state index in [1.165, 1.54) is 5.56 Å². The summed E-state index contributed by atoms with van der Waals surface area (Å²) in [5.41, 5.74) is 8.41. The van der Waals surface area contributed by atoms with Crippen LogP contribution in [-0.4, -0.2) is 48.3 Å². The van der Waals surface area contributed by atoms with Crippen molar-refractivity contribution in [1.29, 1.82) is 0 Å². The topological polar surface area (TPSA) is 109 Å². The third-order valence-corrected chi connectivity index (χ3v) is 8.31. The minimum absolute atomic E-state index is 0.00343. The molecule has 3 heterocycles. The molecule has 6 atom stereocenters. The van der Waals surface area contributed by atoms with Gasteiger partial charge in [0, 0.05) is 49.0 Å². The van der Waals surface area contributed by atoms with Crippen molar-refractivity contribution in [2.75, 3.05) is 0 Å². The monoisotopic (exact) mass is 477 g/mol. The molecule has 2 aromatic heterocycles. The average molecular weight is 478 g/mol. The average Bonchev–Trinajstić information content (AvgIpc) is 3.57. The van der Waals surface area contributed by atoms with Crippen molar-refractivity contribution in [2.24, 2.45) is 18.9 Å². The molecule has 2 saturated carbocycles. The minimum Gasteiger partial charge on any atom is -0.388 e. The highest BCUT2D eigenvalue weighted by atomic mass is 16.3. The van der Waals surface area contributed by atoms with E-state index in [0.29, 0.717) is 24.9 Å². The van der Waals surface area contributed by atoms with Crippen LogP contribution >= 0.6 is 0 Å².